The number of hydrogen-bond acceptors (Lipinski definition) is 4. The lowest BCUT2D eigenvalue weighted by molar-refractivity contribution is 0.112. The van der Waals surface area contributed by atoms with Crippen molar-refractivity contribution in [2.45, 2.75) is 0 Å². The van der Waals surface area contributed by atoms with E-state index in [0.717, 1.165) is 18.6 Å². The molecule has 0 N–H and O–H groups in total. The van der Waals surface area contributed by atoms with Gasteiger partial charge in [0.2, 0.25) is 0 Å². The lowest BCUT2D eigenvalue weighted by Gasteiger charge is -2.26. The zero-order chi connectivity index (χ0) is 9.26. The highest BCUT2D eigenvalue weighted by Gasteiger charge is 2.15. The number of ether oxygens (including phenoxy) is 1. The van der Waals surface area contributed by atoms with Crippen LogP contribution in [0.2, 0.25) is 0 Å². The first-order chi connectivity index (χ1) is 6.31. The molecule has 0 spiro atoms. The zero-order valence-electron chi connectivity index (χ0n) is 7.36. The molecule has 4 nitrogen and oxygen atoms in total. The zero-order valence-corrected chi connectivity index (χ0v) is 7.36. The first-order valence-corrected chi connectivity index (χ1v) is 4.10. The van der Waals surface area contributed by atoms with Crippen molar-refractivity contribution in [2.75, 3.05) is 25.1 Å². The second-order valence-electron chi connectivity index (χ2n) is 2.98. The lowest BCUT2D eigenvalue weighted by atomic mass is 10.2. The first-order valence-electron chi connectivity index (χ1n) is 4.10. The molecule has 2 rings (SSSR count). The van der Waals surface area contributed by atoms with Crippen LogP contribution in [0.4, 0.5) is 5.82 Å². The first kappa shape index (κ1) is 8.04. The molecule has 0 amide bonds. The summed E-state index contributed by atoms with van der Waals surface area (Å²) < 4.78 is 5.37. The van der Waals surface area contributed by atoms with Crippen LogP contribution in [0, 0.1) is 0 Å². The fourth-order valence-corrected chi connectivity index (χ4v) is 1.31. The predicted octanol–water partition coefficient (Wildman–Crippen LogP) is 0.723. The molecule has 0 saturated heterocycles. The molecule has 0 radical (unpaired) electrons. The normalized spacial score (nSPS) is 14.7. The van der Waals surface area contributed by atoms with Crippen molar-refractivity contribution in [1.29, 1.82) is 0 Å². The van der Waals surface area contributed by atoms with E-state index < -0.39 is 0 Å². The molecule has 0 atom stereocenters. The molecule has 2 heterocycles. The van der Waals surface area contributed by atoms with Gasteiger partial charge in [0.05, 0.1) is 6.54 Å². The Morgan fingerprint density at radius 3 is 3.31 bits per heavy atom. The minimum Gasteiger partial charge on any atom is -0.488 e. The van der Waals surface area contributed by atoms with Gasteiger partial charge < -0.3 is 9.64 Å². The third kappa shape index (κ3) is 1.35. The van der Waals surface area contributed by atoms with Gasteiger partial charge in [0, 0.05) is 18.8 Å². The fraction of sp³-hybridized carbons (Fsp3) is 0.333. The molecule has 0 aromatic carbocycles. The van der Waals surface area contributed by atoms with Gasteiger partial charge in [0.15, 0.2) is 17.9 Å². The van der Waals surface area contributed by atoms with E-state index in [0.29, 0.717) is 17.9 Å². The highest BCUT2D eigenvalue weighted by molar-refractivity contribution is 5.76. The smallest absolute Gasteiger partial charge is 0.171 e. The molecule has 0 fully saturated rings. The van der Waals surface area contributed by atoms with Crippen molar-refractivity contribution in [3.63, 3.8) is 0 Å². The van der Waals surface area contributed by atoms with E-state index in [1.807, 2.05) is 11.9 Å². The van der Waals surface area contributed by atoms with Crippen LogP contribution in [-0.4, -0.2) is 31.5 Å². The molecule has 1 aliphatic rings. The maximum atomic E-state index is 10.5. The van der Waals surface area contributed by atoms with Gasteiger partial charge in [-0.25, -0.2) is 4.98 Å². The van der Waals surface area contributed by atoms with Gasteiger partial charge in [-0.2, -0.15) is 0 Å². The molecule has 13 heavy (non-hydrogen) atoms. The molecule has 0 saturated carbocycles. The number of hydrogen-bond donors (Lipinski definition) is 0. The van der Waals surface area contributed by atoms with Crippen molar-refractivity contribution < 1.29 is 9.53 Å². The van der Waals surface area contributed by atoms with Crippen LogP contribution in [0.1, 0.15) is 10.4 Å². The van der Waals surface area contributed by atoms with Gasteiger partial charge in [-0.1, -0.05) is 0 Å². The predicted molar refractivity (Wildman–Crippen MR) is 48.4 cm³/mol. The van der Waals surface area contributed by atoms with Gasteiger partial charge >= 0.3 is 0 Å². The summed E-state index contributed by atoms with van der Waals surface area (Å²) in [6.45, 7) is 1.48. The van der Waals surface area contributed by atoms with Crippen molar-refractivity contribution in [3.8, 4) is 5.75 Å². The van der Waals surface area contributed by atoms with Crippen LogP contribution in [0.15, 0.2) is 12.3 Å². The van der Waals surface area contributed by atoms with Crippen LogP contribution < -0.4 is 9.64 Å². The van der Waals surface area contributed by atoms with Crippen LogP contribution in [0.25, 0.3) is 0 Å². The number of carbonyl (C=O) groups is 1. The summed E-state index contributed by atoms with van der Waals surface area (Å²) in [5.41, 5.74) is 0.550. The number of likely N-dealkylation sites (N-methyl/N-ethyl adjacent to an activating group) is 1. The minimum atomic E-state index is 0.550. The Bertz CT molecular complexity index is 338. The van der Waals surface area contributed by atoms with E-state index in [1.165, 1.54) is 0 Å². The van der Waals surface area contributed by atoms with Crippen LogP contribution in [0.5, 0.6) is 5.75 Å². The number of pyridine rings is 1. The molecular weight excluding hydrogens is 168 g/mol. The second-order valence-corrected chi connectivity index (χ2v) is 2.98. The summed E-state index contributed by atoms with van der Waals surface area (Å²) in [6, 6.07) is 1.71. The van der Waals surface area contributed by atoms with E-state index in [2.05, 4.69) is 4.98 Å². The van der Waals surface area contributed by atoms with E-state index in [4.69, 9.17) is 4.74 Å². The highest BCUT2D eigenvalue weighted by atomic mass is 16.5. The van der Waals surface area contributed by atoms with Crippen LogP contribution >= 0.6 is 0 Å². The molecule has 1 aromatic heterocycles. The topological polar surface area (TPSA) is 42.4 Å². The van der Waals surface area contributed by atoms with Gasteiger partial charge in [0.25, 0.3) is 0 Å². The molecule has 0 bridgehead atoms. The second kappa shape index (κ2) is 3.05. The van der Waals surface area contributed by atoms with Crippen molar-refractivity contribution in [3.05, 3.63) is 17.8 Å². The molecule has 0 aliphatic carbocycles. The highest BCUT2D eigenvalue weighted by Crippen LogP contribution is 2.28. The SMILES string of the molecule is CN1CCOc2cc(C=O)cnc21. The standard InChI is InChI=1S/C9H10N2O2/c1-11-2-3-13-8-4-7(6-12)5-10-9(8)11/h4-6H,2-3H2,1H3. The summed E-state index contributed by atoms with van der Waals surface area (Å²) >= 11 is 0. The van der Waals surface area contributed by atoms with Crippen LogP contribution in [0.3, 0.4) is 0 Å². The summed E-state index contributed by atoms with van der Waals surface area (Å²) in [5.74, 6) is 1.50. The molecular formula is C9H10N2O2. The van der Waals surface area contributed by atoms with E-state index in [-0.39, 0.29) is 0 Å². The maximum absolute atomic E-state index is 10.5. The van der Waals surface area contributed by atoms with Crippen molar-refractivity contribution in [1.82, 2.24) is 4.98 Å². The molecule has 0 unspecified atom stereocenters. The Morgan fingerprint density at radius 1 is 1.69 bits per heavy atom. The van der Waals surface area contributed by atoms with Crippen molar-refractivity contribution in [2.24, 2.45) is 0 Å². The van der Waals surface area contributed by atoms with Crippen molar-refractivity contribution >= 4 is 12.1 Å². The number of fused-ring (bicyclic) bond motifs is 1. The molecule has 68 valence electrons. The monoisotopic (exact) mass is 178 g/mol. The van der Waals surface area contributed by atoms with Gasteiger partial charge in [-0.05, 0) is 6.07 Å². The molecule has 1 aliphatic heterocycles. The number of aldehydes is 1. The number of nitrogens with zero attached hydrogens (tertiary/aromatic N) is 2. The Morgan fingerprint density at radius 2 is 2.54 bits per heavy atom. The third-order valence-corrected chi connectivity index (χ3v) is 2.04. The Hall–Kier alpha value is -1.58. The molecule has 1 aromatic rings. The average Bonchev–Trinajstić information content (AvgIpc) is 2.18. The van der Waals surface area contributed by atoms with Gasteiger partial charge in [-0.15, -0.1) is 0 Å². The minimum absolute atomic E-state index is 0.550. The Balaban J connectivity index is 2.45. The quantitative estimate of drug-likeness (QED) is 0.594. The fourth-order valence-electron chi connectivity index (χ4n) is 1.31. The largest absolute Gasteiger partial charge is 0.488 e. The van der Waals surface area contributed by atoms with E-state index >= 15 is 0 Å². The Kier molecular flexibility index (Phi) is 1.88. The van der Waals surface area contributed by atoms with Gasteiger partial charge in [-0.3, -0.25) is 4.79 Å². The van der Waals surface area contributed by atoms with E-state index in [1.54, 1.807) is 12.3 Å². The summed E-state index contributed by atoms with van der Waals surface area (Å²) in [5, 5.41) is 0. The molecule has 4 heteroatoms. The lowest BCUT2D eigenvalue weighted by Crippen LogP contribution is -2.29. The average molecular weight is 178 g/mol. The number of aromatic nitrogens is 1. The maximum Gasteiger partial charge on any atom is 0.171 e. The summed E-state index contributed by atoms with van der Waals surface area (Å²) in [4.78, 5) is 16.6. The number of anilines is 1. The summed E-state index contributed by atoms with van der Waals surface area (Å²) in [7, 11) is 1.95. The van der Waals surface area contributed by atoms with Gasteiger partial charge in [0.1, 0.15) is 6.61 Å². The van der Waals surface area contributed by atoms with E-state index in [9.17, 15) is 4.79 Å². The number of rotatable bonds is 1. The summed E-state index contributed by atoms with van der Waals surface area (Å²) in [6.07, 6.45) is 2.32. The van der Waals surface area contributed by atoms with Crippen LogP contribution in [-0.2, 0) is 0 Å². The third-order valence-electron chi connectivity index (χ3n) is 2.04. The number of carbonyl (C=O) groups excluding carboxylic acids is 1. The Labute approximate surface area is 76.1 Å².